The molecule has 0 aliphatic heterocycles. The third-order valence-corrected chi connectivity index (χ3v) is 1.64. The van der Waals surface area contributed by atoms with Gasteiger partial charge in [0.2, 0.25) is 0 Å². The highest BCUT2D eigenvalue weighted by Crippen LogP contribution is 2.14. The monoisotopic (exact) mass is 226 g/mol. The molecule has 1 N–H and O–H groups in total. The fourth-order valence-corrected chi connectivity index (χ4v) is 1.08. The number of hydrogen-bond donors (Lipinski definition) is 1. The van der Waals surface area contributed by atoms with Crippen molar-refractivity contribution in [2.24, 2.45) is 0 Å². The van der Waals surface area contributed by atoms with E-state index in [0.717, 1.165) is 12.8 Å². The van der Waals surface area contributed by atoms with E-state index in [1.165, 1.54) is 6.92 Å². The Labute approximate surface area is 98.2 Å². The number of unbranched alkanes of at least 4 members (excludes halogenated alkanes) is 1. The molecule has 0 amide bonds. The molecule has 16 heavy (non-hydrogen) atoms. The first-order chi connectivity index (χ1) is 7.16. The van der Waals surface area contributed by atoms with Gasteiger partial charge in [-0.05, 0) is 34.1 Å². The van der Waals surface area contributed by atoms with E-state index in [2.05, 4.69) is 11.8 Å². The molecular weight excluding hydrogens is 204 g/mol. The molecule has 0 saturated carbocycles. The van der Waals surface area contributed by atoms with Gasteiger partial charge in [-0.1, -0.05) is 12.8 Å². The largest absolute Gasteiger partial charge is 0.460 e. The Kier molecular flexibility index (Phi) is 5.53. The minimum Gasteiger partial charge on any atom is -0.460 e. The molecule has 0 saturated heterocycles. The number of carbonyl (C=O) groups is 1. The molecular formula is C13H22O3. The molecule has 0 unspecified atom stereocenters. The predicted molar refractivity (Wildman–Crippen MR) is 63.8 cm³/mol. The molecule has 1 atom stereocenters. The van der Waals surface area contributed by atoms with Gasteiger partial charge < -0.3 is 9.84 Å². The molecule has 0 aromatic carbocycles. The van der Waals surface area contributed by atoms with Crippen molar-refractivity contribution in [3.63, 3.8) is 0 Å². The normalized spacial score (nSPS) is 14.6. The Morgan fingerprint density at radius 3 is 2.31 bits per heavy atom. The van der Waals surface area contributed by atoms with Crippen LogP contribution in [0.25, 0.3) is 0 Å². The maximum atomic E-state index is 11.5. The topological polar surface area (TPSA) is 46.5 Å². The smallest absolute Gasteiger partial charge is 0.310 e. The second-order valence-electron chi connectivity index (χ2n) is 5.09. The first kappa shape index (κ1) is 15.0. The Balaban J connectivity index is 4.27. The molecule has 0 bridgehead atoms. The highest BCUT2D eigenvalue weighted by molar-refractivity contribution is 5.71. The van der Waals surface area contributed by atoms with Crippen LogP contribution >= 0.6 is 0 Å². The van der Waals surface area contributed by atoms with Crippen LogP contribution in [0, 0.1) is 11.8 Å². The summed E-state index contributed by atoms with van der Waals surface area (Å²) in [7, 11) is 0. The van der Waals surface area contributed by atoms with E-state index in [4.69, 9.17) is 4.74 Å². The maximum Gasteiger partial charge on any atom is 0.310 e. The minimum absolute atomic E-state index is 0.0962. The van der Waals surface area contributed by atoms with Gasteiger partial charge in [0.1, 0.15) is 11.2 Å². The van der Waals surface area contributed by atoms with Gasteiger partial charge in [-0.25, -0.2) is 0 Å². The lowest BCUT2D eigenvalue weighted by molar-refractivity contribution is -0.158. The fraction of sp³-hybridized carbons (Fsp3) is 0.769. The lowest BCUT2D eigenvalue weighted by Gasteiger charge is -2.22. The highest BCUT2D eigenvalue weighted by Gasteiger charge is 2.25. The number of ether oxygens (including phenoxy) is 1. The third-order valence-electron chi connectivity index (χ3n) is 1.64. The van der Waals surface area contributed by atoms with Crippen molar-refractivity contribution in [2.75, 3.05) is 0 Å². The summed E-state index contributed by atoms with van der Waals surface area (Å²) < 4.78 is 5.11. The molecule has 3 heteroatoms. The van der Waals surface area contributed by atoms with Crippen molar-refractivity contribution in [3.05, 3.63) is 0 Å². The Morgan fingerprint density at radius 2 is 1.88 bits per heavy atom. The van der Waals surface area contributed by atoms with Gasteiger partial charge in [-0.2, -0.15) is 0 Å². The average molecular weight is 226 g/mol. The summed E-state index contributed by atoms with van der Waals surface area (Å²) >= 11 is 0. The molecule has 0 aliphatic carbocycles. The van der Waals surface area contributed by atoms with E-state index in [0.29, 0.717) is 0 Å². The van der Waals surface area contributed by atoms with E-state index >= 15 is 0 Å². The van der Waals surface area contributed by atoms with Gasteiger partial charge in [0.15, 0.2) is 0 Å². The summed E-state index contributed by atoms with van der Waals surface area (Å²) in [5.74, 6) is 5.09. The third kappa shape index (κ3) is 8.31. The van der Waals surface area contributed by atoms with Crippen LogP contribution in [0.15, 0.2) is 0 Å². The first-order valence-electron chi connectivity index (χ1n) is 5.60. The summed E-state index contributed by atoms with van der Waals surface area (Å²) in [6.45, 7) is 8.92. The summed E-state index contributed by atoms with van der Waals surface area (Å²) in [5, 5.41) is 9.83. The summed E-state index contributed by atoms with van der Waals surface area (Å²) in [4.78, 5) is 11.5. The van der Waals surface area contributed by atoms with Gasteiger partial charge in [0.25, 0.3) is 0 Å². The van der Waals surface area contributed by atoms with Crippen LogP contribution in [0.4, 0.5) is 0 Å². The molecule has 0 aliphatic rings. The van der Waals surface area contributed by atoms with Crippen molar-refractivity contribution in [1.29, 1.82) is 0 Å². The Morgan fingerprint density at radius 1 is 1.31 bits per heavy atom. The summed E-state index contributed by atoms with van der Waals surface area (Å²) in [6.07, 6.45) is 1.57. The second-order valence-corrected chi connectivity index (χ2v) is 5.09. The van der Waals surface area contributed by atoms with E-state index in [-0.39, 0.29) is 6.42 Å². The lowest BCUT2D eigenvalue weighted by Crippen LogP contribution is -2.31. The van der Waals surface area contributed by atoms with E-state index in [1.54, 1.807) is 20.8 Å². The van der Waals surface area contributed by atoms with Crippen LogP contribution in [0.3, 0.4) is 0 Å². The minimum atomic E-state index is -1.29. The van der Waals surface area contributed by atoms with Gasteiger partial charge in [0, 0.05) is 6.42 Å². The Hall–Kier alpha value is -1.01. The molecule has 0 fully saturated rings. The molecule has 92 valence electrons. The lowest BCUT2D eigenvalue weighted by atomic mass is 10.0. The average Bonchev–Trinajstić information content (AvgIpc) is 1.98. The summed E-state index contributed by atoms with van der Waals surface area (Å²) in [6, 6.07) is 0. The molecule has 0 aromatic rings. The number of carbonyl (C=O) groups excluding carboxylic acids is 1. The first-order valence-corrected chi connectivity index (χ1v) is 5.60. The SMILES string of the molecule is CCCC#C[C@@](C)(O)CC(=O)OC(C)(C)C. The summed E-state index contributed by atoms with van der Waals surface area (Å²) in [5.41, 5.74) is -1.82. The predicted octanol–water partition coefficient (Wildman–Crippen LogP) is 2.27. The van der Waals surface area contributed by atoms with E-state index in [1.807, 2.05) is 6.92 Å². The van der Waals surface area contributed by atoms with Gasteiger partial charge >= 0.3 is 5.97 Å². The fourth-order valence-electron chi connectivity index (χ4n) is 1.08. The Bertz CT molecular complexity index is 287. The number of esters is 1. The van der Waals surface area contributed by atoms with Crippen molar-refractivity contribution in [3.8, 4) is 11.8 Å². The van der Waals surface area contributed by atoms with Crippen molar-refractivity contribution in [1.82, 2.24) is 0 Å². The molecule has 0 rings (SSSR count). The van der Waals surface area contributed by atoms with Crippen LogP contribution in [0.1, 0.15) is 53.9 Å². The van der Waals surface area contributed by atoms with Crippen LogP contribution < -0.4 is 0 Å². The zero-order chi connectivity index (χ0) is 12.8. The molecule has 3 nitrogen and oxygen atoms in total. The molecule has 0 spiro atoms. The van der Waals surface area contributed by atoms with Gasteiger partial charge in [-0.3, -0.25) is 4.79 Å². The maximum absolute atomic E-state index is 11.5. The molecule has 0 heterocycles. The second kappa shape index (κ2) is 5.91. The van der Waals surface area contributed by atoms with E-state index in [9.17, 15) is 9.90 Å². The molecule has 0 radical (unpaired) electrons. The quantitative estimate of drug-likeness (QED) is 0.593. The number of rotatable bonds is 3. The van der Waals surface area contributed by atoms with Crippen molar-refractivity contribution >= 4 is 5.97 Å². The zero-order valence-corrected chi connectivity index (χ0v) is 10.9. The van der Waals surface area contributed by atoms with Crippen LogP contribution in [0.2, 0.25) is 0 Å². The highest BCUT2D eigenvalue weighted by atomic mass is 16.6. The van der Waals surface area contributed by atoms with Crippen LogP contribution in [-0.4, -0.2) is 22.3 Å². The number of hydrogen-bond acceptors (Lipinski definition) is 3. The van der Waals surface area contributed by atoms with Crippen LogP contribution in [-0.2, 0) is 9.53 Å². The van der Waals surface area contributed by atoms with Gasteiger partial charge in [0.05, 0.1) is 6.42 Å². The molecule has 0 aromatic heterocycles. The van der Waals surface area contributed by atoms with E-state index < -0.39 is 17.2 Å². The standard InChI is InChI=1S/C13H22O3/c1-6-7-8-9-13(5,15)10-11(14)16-12(2,3)4/h15H,6-7,10H2,1-5H3/t13-/m1/s1. The van der Waals surface area contributed by atoms with Crippen LogP contribution in [0.5, 0.6) is 0 Å². The van der Waals surface area contributed by atoms with Crippen molar-refractivity contribution in [2.45, 2.75) is 65.1 Å². The number of aliphatic hydroxyl groups is 1. The van der Waals surface area contributed by atoms with Gasteiger partial charge in [-0.15, -0.1) is 5.92 Å². The zero-order valence-electron chi connectivity index (χ0n) is 10.9. The van der Waals surface area contributed by atoms with Crippen molar-refractivity contribution < 1.29 is 14.6 Å².